The van der Waals surface area contributed by atoms with E-state index in [4.69, 9.17) is 16.3 Å². The number of halogens is 2. The fourth-order valence-corrected chi connectivity index (χ4v) is 2.20. The predicted octanol–water partition coefficient (Wildman–Crippen LogP) is 4.38. The average Bonchev–Trinajstić information content (AvgIpc) is 2.37. The van der Waals surface area contributed by atoms with Gasteiger partial charge in [-0.3, -0.25) is 0 Å². The van der Waals surface area contributed by atoms with Crippen molar-refractivity contribution in [2.75, 3.05) is 26.8 Å². The molecule has 0 saturated heterocycles. The minimum absolute atomic E-state index is 0.477. The van der Waals surface area contributed by atoms with E-state index in [0.29, 0.717) is 5.92 Å². The van der Waals surface area contributed by atoms with Gasteiger partial charge in [0.15, 0.2) is 0 Å². The van der Waals surface area contributed by atoms with Crippen LogP contribution in [0.3, 0.4) is 0 Å². The minimum atomic E-state index is 0.477. The zero-order chi connectivity index (χ0) is 14.3. The molecule has 0 unspecified atom stereocenters. The third-order valence-electron chi connectivity index (χ3n) is 2.85. The Hall–Kier alpha value is -0.350. The van der Waals surface area contributed by atoms with Crippen LogP contribution < -0.4 is 5.32 Å². The molecule has 0 aliphatic carbocycles. The van der Waals surface area contributed by atoms with Gasteiger partial charge in [0.1, 0.15) is 0 Å². The molecule has 1 N–H and O–H groups in total. The van der Waals surface area contributed by atoms with Crippen molar-refractivity contribution in [3.05, 3.63) is 38.8 Å². The van der Waals surface area contributed by atoms with Crippen LogP contribution in [0.25, 0.3) is 6.08 Å². The molecular weight excluding hydrogens is 326 g/mol. The smallest absolute Gasteiger partial charge is 0.0587 e. The van der Waals surface area contributed by atoms with Gasteiger partial charge in [-0.15, -0.1) is 0 Å². The Morgan fingerprint density at radius 3 is 2.84 bits per heavy atom. The van der Waals surface area contributed by atoms with Crippen molar-refractivity contribution >= 4 is 33.6 Å². The Kier molecular flexibility index (Phi) is 7.69. The second kappa shape index (κ2) is 8.75. The Morgan fingerprint density at radius 1 is 1.47 bits per heavy atom. The molecule has 106 valence electrons. The van der Waals surface area contributed by atoms with Crippen LogP contribution in [0.5, 0.6) is 0 Å². The quantitative estimate of drug-likeness (QED) is 0.740. The number of methoxy groups -OCH3 is 1. The van der Waals surface area contributed by atoms with Crippen LogP contribution in [0.15, 0.2) is 28.2 Å². The molecule has 0 radical (unpaired) electrons. The largest absolute Gasteiger partial charge is 0.383 e. The van der Waals surface area contributed by atoms with E-state index in [0.717, 1.165) is 34.8 Å². The zero-order valence-corrected chi connectivity index (χ0v) is 14.0. The minimum Gasteiger partial charge on any atom is -0.383 e. The van der Waals surface area contributed by atoms with Crippen molar-refractivity contribution in [2.24, 2.45) is 5.92 Å². The van der Waals surface area contributed by atoms with E-state index in [1.165, 1.54) is 5.57 Å². The van der Waals surface area contributed by atoms with Crippen LogP contribution in [0.1, 0.15) is 19.4 Å². The first-order valence-corrected chi connectivity index (χ1v) is 7.57. The number of benzene rings is 1. The second-order valence-electron chi connectivity index (χ2n) is 4.71. The van der Waals surface area contributed by atoms with Gasteiger partial charge in [0.25, 0.3) is 0 Å². The summed E-state index contributed by atoms with van der Waals surface area (Å²) in [5.74, 6) is 0.477. The molecular formula is C15H21BrClNO. The van der Waals surface area contributed by atoms with Crippen LogP contribution in [0.4, 0.5) is 0 Å². The van der Waals surface area contributed by atoms with E-state index < -0.39 is 0 Å². The maximum atomic E-state index is 6.22. The van der Waals surface area contributed by atoms with Crippen LogP contribution in [0.2, 0.25) is 5.02 Å². The first-order chi connectivity index (χ1) is 9.04. The van der Waals surface area contributed by atoms with E-state index in [1.54, 1.807) is 7.11 Å². The van der Waals surface area contributed by atoms with Gasteiger partial charge in [0.2, 0.25) is 0 Å². The van der Waals surface area contributed by atoms with Crippen molar-refractivity contribution in [1.82, 2.24) is 5.32 Å². The number of hydrogen-bond acceptors (Lipinski definition) is 2. The van der Waals surface area contributed by atoms with E-state index >= 15 is 0 Å². The number of hydrogen-bond donors (Lipinski definition) is 1. The third-order valence-corrected chi connectivity index (χ3v) is 3.69. The van der Waals surface area contributed by atoms with Gasteiger partial charge < -0.3 is 10.1 Å². The summed E-state index contributed by atoms with van der Waals surface area (Å²) in [4.78, 5) is 0. The molecule has 0 aliphatic rings. The molecule has 4 heteroatoms. The van der Waals surface area contributed by atoms with Crippen molar-refractivity contribution in [2.45, 2.75) is 13.8 Å². The van der Waals surface area contributed by atoms with Gasteiger partial charge >= 0.3 is 0 Å². The molecule has 19 heavy (non-hydrogen) atoms. The molecule has 0 heterocycles. The lowest BCUT2D eigenvalue weighted by Crippen LogP contribution is -2.23. The summed E-state index contributed by atoms with van der Waals surface area (Å²) in [5.41, 5.74) is 2.38. The first kappa shape index (κ1) is 16.7. The standard InChI is InChI=1S/C15H21BrClNO/c1-11(2)13(10-18-6-7-19-3)8-12-9-14(16)4-5-15(12)17/h4-5,8-9,11,18H,6-7,10H2,1-3H3/b13-8-. The molecule has 1 aromatic rings. The van der Waals surface area contributed by atoms with Crippen molar-refractivity contribution in [1.29, 1.82) is 0 Å². The number of ether oxygens (including phenoxy) is 1. The highest BCUT2D eigenvalue weighted by Gasteiger charge is 2.05. The summed E-state index contributed by atoms with van der Waals surface area (Å²) in [6.45, 7) is 6.81. The zero-order valence-electron chi connectivity index (χ0n) is 11.7. The fraction of sp³-hybridized carbons (Fsp3) is 0.467. The molecule has 2 nitrogen and oxygen atoms in total. The third kappa shape index (κ3) is 6.09. The normalized spacial score (nSPS) is 12.2. The van der Waals surface area contributed by atoms with Crippen molar-refractivity contribution in [3.63, 3.8) is 0 Å². The molecule has 0 saturated carbocycles. The highest BCUT2D eigenvalue weighted by Crippen LogP contribution is 2.24. The fourth-order valence-electron chi connectivity index (χ4n) is 1.65. The van der Waals surface area contributed by atoms with Crippen LogP contribution in [-0.2, 0) is 4.74 Å². The van der Waals surface area contributed by atoms with E-state index in [1.807, 2.05) is 18.2 Å². The highest BCUT2D eigenvalue weighted by molar-refractivity contribution is 9.10. The Bertz CT molecular complexity index is 432. The maximum absolute atomic E-state index is 6.22. The molecule has 0 fully saturated rings. The van der Waals surface area contributed by atoms with Gasteiger partial charge in [0.05, 0.1) is 6.61 Å². The van der Waals surface area contributed by atoms with Crippen LogP contribution in [-0.4, -0.2) is 26.8 Å². The molecule has 0 aliphatic heterocycles. The molecule has 0 aromatic heterocycles. The SMILES string of the molecule is COCCNC/C(=C/c1cc(Br)ccc1Cl)C(C)C. The molecule has 0 spiro atoms. The molecule has 1 aromatic carbocycles. The summed E-state index contributed by atoms with van der Waals surface area (Å²) >= 11 is 9.70. The van der Waals surface area contributed by atoms with Gasteiger partial charge in [-0.2, -0.15) is 0 Å². The van der Waals surface area contributed by atoms with Gasteiger partial charge in [-0.25, -0.2) is 0 Å². The van der Waals surface area contributed by atoms with Crippen LogP contribution in [0, 0.1) is 5.92 Å². The van der Waals surface area contributed by atoms with Crippen molar-refractivity contribution < 1.29 is 4.74 Å². The van der Waals surface area contributed by atoms with E-state index in [-0.39, 0.29) is 0 Å². The Morgan fingerprint density at radius 2 is 2.21 bits per heavy atom. The summed E-state index contributed by atoms with van der Waals surface area (Å²) in [5, 5.41) is 4.15. The summed E-state index contributed by atoms with van der Waals surface area (Å²) in [6, 6.07) is 5.90. The summed E-state index contributed by atoms with van der Waals surface area (Å²) < 4.78 is 6.07. The Balaban J connectivity index is 2.79. The lowest BCUT2D eigenvalue weighted by atomic mass is 10.00. The first-order valence-electron chi connectivity index (χ1n) is 6.39. The number of nitrogens with one attached hydrogen (secondary N) is 1. The van der Waals surface area contributed by atoms with Gasteiger partial charge in [-0.1, -0.05) is 53.0 Å². The lowest BCUT2D eigenvalue weighted by Gasteiger charge is -2.13. The molecule has 0 amide bonds. The van der Waals surface area contributed by atoms with E-state index in [9.17, 15) is 0 Å². The summed E-state index contributed by atoms with van der Waals surface area (Å²) in [6.07, 6.45) is 2.16. The highest BCUT2D eigenvalue weighted by atomic mass is 79.9. The topological polar surface area (TPSA) is 21.3 Å². The van der Waals surface area contributed by atoms with E-state index in [2.05, 4.69) is 41.2 Å². The lowest BCUT2D eigenvalue weighted by molar-refractivity contribution is 0.200. The maximum Gasteiger partial charge on any atom is 0.0587 e. The van der Waals surface area contributed by atoms with Crippen molar-refractivity contribution in [3.8, 4) is 0 Å². The average molecular weight is 347 g/mol. The molecule has 1 rings (SSSR count). The second-order valence-corrected chi connectivity index (χ2v) is 6.03. The molecule has 0 bridgehead atoms. The molecule has 0 atom stereocenters. The number of rotatable bonds is 7. The van der Waals surface area contributed by atoms with Crippen LogP contribution >= 0.6 is 27.5 Å². The Labute approximate surface area is 129 Å². The van der Waals surface area contributed by atoms with Gasteiger partial charge in [0, 0.05) is 29.7 Å². The van der Waals surface area contributed by atoms with Gasteiger partial charge in [-0.05, 0) is 29.7 Å². The monoisotopic (exact) mass is 345 g/mol. The predicted molar refractivity (Wildman–Crippen MR) is 86.7 cm³/mol. The summed E-state index contributed by atoms with van der Waals surface area (Å²) in [7, 11) is 1.71.